The number of quaternary nitrogens is 1. The van der Waals surface area contributed by atoms with E-state index in [1.807, 2.05) is 21.1 Å². The Kier molecular flexibility index (Phi) is 83.4. The summed E-state index contributed by atoms with van der Waals surface area (Å²) in [6.07, 6.45) is 122. The molecule has 9 nitrogen and oxygen atoms in total. The average Bonchev–Trinajstić information content (AvgIpc) is 0.908. The summed E-state index contributed by atoms with van der Waals surface area (Å²) < 4.78 is 34.9. The van der Waals surface area contributed by atoms with Crippen LogP contribution in [0.15, 0.2) is 97.2 Å². The molecule has 0 heterocycles. The van der Waals surface area contributed by atoms with Gasteiger partial charge in [-0.1, -0.05) is 458 Å². The van der Waals surface area contributed by atoms with Crippen LogP contribution in [0.2, 0.25) is 0 Å². The van der Waals surface area contributed by atoms with Gasteiger partial charge in [0.05, 0.1) is 27.7 Å². The largest absolute Gasteiger partial charge is 0.472 e. The number of carbonyl (C=O) groups excluding carboxylic acids is 2. The number of nitrogens with zero attached hydrogens (tertiary/aromatic N) is 1. The molecular formula is C96H177NO8P+. The summed E-state index contributed by atoms with van der Waals surface area (Å²) in [6.45, 7) is 4.39. The number of likely N-dealkylation sites (N-methyl/N-ethyl adjacent to an activating group) is 1. The molecule has 1 N–H and O–H groups in total. The maximum atomic E-state index is 13.0. The molecule has 0 rings (SSSR count). The van der Waals surface area contributed by atoms with Gasteiger partial charge in [0.1, 0.15) is 19.8 Å². The van der Waals surface area contributed by atoms with Gasteiger partial charge in [0.2, 0.25) is 0 Å². The van der Waals surface area contributed by atoms with Crippen LogP contribution in [-0.2, 0) is 32.7 Å². The van der Waals surface area contributed by atoms with Crippen molar-refractivity contribution in [2.24, 2.45) is 0 Å². The second-order valence-corrected chi connectivity index (χ2v) is 33.8. The van der Waals surface area contributed by atoms with Crippen LogP contribution in [0.25, 0.3) is 0 Å². The van der Waals surface area contributed by atoms with E-state index in [2.05, 4.69) is 111 Å². The van der Waals surface area contributed by atoms with Gasteiger partial charge >= 0.3 is 19.8 Å². The molecule has 0 saturated heterocycles. The molecule has 0 aliphatic carbocycles. The number of phosphoric ester groups is 1. The number of unbranched alkanes of at least 4 members (excludes halogenated alkanes) is 56. The fraction of sp³-hybridized carbons (Fsp3) is 0.812. The number of phosphoric acid groups is 1. The van der Waals surface area contributed by atoms with E-state index in [-0.39, 0.29) is 25.6 Å². The summed E-state index contributed by atoms with van der Waals surface area (Å²) in [5, 5.41) is 0. The molecule has 0 aromatic carbocycles. The van der Waals surface area contributed by atoms with E-state index in [1.165, 1.54) is 334 Å². The first kappa shape index (κ1) is 103. The van der Waals surface area contributed by atoms with Gasteiger partial charge < -0.3 is 18.9 Å². The van der Waals surface area contributed by atoms with Crippen molar-refractivity contribution in [2.75, 3.05) is 47.5 Å². The number of rotatable bonds is 86. The normalized spacial score (nSPS) is 13.4. The monoisotopic (exact) mass is 1500 g/mol. The Morgan fingerprint density at radius 1 is 0.302 bits per heavy atom. The molecule has 2 atom stereocenters. The van der Waals surface area contributed by atoms with Gasteiger partial charge in [-0.15, -0.1) is 0 Å². The van der Waals surface area contributed by atoms with Crippen LogP contribution in [0.4, 0.5) is 0 Å². The maximum Gasteiger partial charge on any atom is 0.472 e. The predicted molar refractivity (Wildman–Crippen MR) is 464 cm³/mol. The fourth-order valence-electron chi connectivity index (χ4n) is 13.7. The minimum atomic E-state index is -4.40. The molecule has 0 aliphatic rings. The van der Waals surface area contributed by atoms with E-state index in [9.17, 15) is 19.0 Å². The number of hydrogen-bond acceptors (Lipinski definition) is 7. The van der Waals surface area contributed by atoms with E-state index in [0.717, 1.165) is 83.5 Å². The quantitative estimate of drug-likeness (QED) is 0.0211. The van der Waals surface area contributed by atoms with Crippen molar-refractivity contribution in [1.82, 2.24) is 0 Å². The number of allylic oxidation sites excluding steroid dienone is 16. The molecule has 0 aromatic rings. The standard InChI is InChI=1S/C96H176NO8P/c1-6-8-10-12-14-16-18-20-22-24-26-28-30-32-34-36-38-40-42-44-46-48-50-52-54-56-58-60-62-64-66-68-70-72-74-76-78-80-82-84-86-88-95(98)102-92-94(93-104-106(100,101)103-91-90-97(3,4)5)105-96(99)89-87-85-83-81-79-77-75-73-71-69-67-65-63-61-59-57-55-53-51-49-47-45-43-41-39-37-35-33-31-29-27-25-23-21-19-17-15-13-11-9-7-2/h9,11,15,17,21,23,27,29,33,35,39,41,45,47,51,53,94H,6-8,10,12-14,16,18-20,22,24-26,28,30-32,34,36-38,40,42-44,46,48-50,52,54-93H2,1-5H3/p+1/b11-9-,17-15-,23-21-,29-27-,35-33-,41-39-,47-45-,53-51-. The number of carbonyl (C=O) groups is 2. The first-order valence-electron chi connectivity index (χ1n) is 46.0. The zero-order valence-corrected chi connectivity index (χ0v) is 71.8. The zero-order chi connectivity index (χ0) is 76.8. The Labute approximate surface area is 659 Å². The molecule has 0 aliphatic heterocycles. The highest BCUT2D eigenvalue weighted by Crippen LogP contribution is 2.43. The molecular weight excluding hydrogens is 1330 g/mol. The number of esters is 2. The minimum Gasteiger partial charge on any atom is -0.462 e. The SMILES string of the molecule is CC/C=C\C/C=C\C/C=C\C/C=C\C/C=C\C/C=C\C/C=C\C/C=C\CCCCCCCCCCCCCCCCCCC(=O)OC(COC(=O)CCCCCCCCCCCCCCCCCCCCCCCCCCCCCCCCCCCCCCCCCCC)COP(=O)(O)OCC[N+](C)(C)C. The summed E-state index contributed by atoms with van der Waals surface area (Å²) >= 11 is 0. The Morgan fingerprint density at radius 2 is 0.538 bits per heavy atom. The van der Waals surface area contributed by atoms with E-state index in [4.69, 9.17) is 18.5 Å². The second kappa shape index (κ2) is 85.9. The molecule has 0 aromatic heterocycles. The maximum absolute atomic E-state index is 13.0. The average molecular weight is 1500 g/mol. The molecule has 10 heteroatoms. The molecule has 106 heavy (non-hydrogen) atoms. The summed E-state index contributed by atoms with van der Waals surface area (Å²) in [4.78, 5) is 36.1. The molecule has 618 valence electrons. The van der Waals surface area contributed by atoms with Gasteiger partial charge in [-0.05, 0) is 77.0 Å². The van der Waals surface area contributed by atoms with Crippen molar-refractivity contribution in [1.29, 1.82) is 0 Å². The van der Waals surface area contributed by atoms with Crippen LogP contribution in [-0.4, -0.2) is 74.9 Å². The van der Waals surface area contributed by atoms with Crippen molar-refractivity contribution in [2.45, 2.75) is 457 Å². The van der Waals surface area contributed by atoms with Gasteiger partial charge in [0.25, 0.3) is 0 Å². The van der Waals surface area contributed by atoms with Gasteiger partial charge in [-0.3, -0.25) is 18.6 Å². The summed E-state index contributed by atoms with van der Waals surface area (Å²) in [5.41, 5.74) is 0. The molecule has 2 unspecified atom stereocenters. The first-order chi connectivity index (χ1) is 52.0. The topological polar surface area (TPSA) is 108 Å². The van der Waals surface area contributed by atoms with Crippen LogP contribution in [0.3, 0.4) is 0 Å². The van der Waals surface area contributed by atoms with Crippen LogP contribution < -0.4 is 0 Å². The third-order valence-electron chi connectivity index (χ3n) is 20.6. The summed E-state index contributed by atoms with van der Waals surface area (Å²) in [5.74, 6) is -0.777. The smallest absolute Gasteiger partial charge is 0.462 e. The lowest BCUT2D eigenvalue weighted by Gasteiger charge is -2.24. The third-order valence-corrected chi connectivity index (χ3v) is 21.6. The van der Waals surface area contributed by atoms with Crippen LogP contribution >= 0.6 is 7.82 Å². The van der Waals surface area contributed by atoms with Crippen molar-refractivity contribution in [3.05, 3.63) is 97.2 Å². The highest BCUT2D eigenvalue weighted by Gasteiger charge is 2.27. The van der Waals surface area contributed by atoms with E-state index < -0.39 is 26.5 Å². The lowest BCUT2D eigenvalue weighted by molar-refractivity contribution is -0.870. The van der Waals surface area contributed by atoms with Gasteiger partial charge in [-0.2, -0.15) is 0 Å². The molecule has 0 bridgehead atoms. The van der Waals surface area contributed by atoms with E-state index >= 15 is 0 Å². The third kappa shape index (κ3) is 89.8. The highest BCUT2D eigenvalue weighted by molar-refractivity contribution is 7.47. The van der Waals surface area contributed by atoms with Gasteiger partial charge in [0.15, 0.2) is 6.10 Å². The Morgan fingerprint density at radius 3 is 0.802 bits per heavy atom. The van der Waals surface area contributed by atoms with Gasteiger partial charge in [-0.25, -0.2) is 4.57 Å². The Hall–Kier alpha value is -3.07. The van der Waals surface area contributed by atoms with Gasteiger partial charge in [0, 0.05) is 12.8 Å². The summed E-state index contributed by atoms with van der Waals surface area (Å²) in [7, 11) is 1.49. The molecule has 0 fully saturated rings. The fourth-order valence-corrected chi connectivity index (χ4v) is 14.4. The van der Waals surface area contributed by atoms with Crippen molar-refractivity contribution in [3.63, 3.8) is 0 Å². The van der Waals surface area contributed by atoms with Crippen molar-refractivity contribution < 1.29 is 42.1 Å². The highest BCUT2D eigenvalue weighted by atomic mass is 31.2. The Balaban J connectivity index is 3.87. The minimum absolute atomic E-state index is 0.0319. The van der Waals surface area contributed by atoms with E-state index in [0.29, 0.717) is 23.9 Å². The number of hydrogen-bond donors (Lipinski definition) is 1. The second-order valence-electron chi connectivity index (χ2n) is 32.3. The number of ether oxygens (including phenoxy) is 2. The van der Waals surface area contributed by atoms with Crippen LogP contribution in [0, 0.1) is 0 Å². The summed E-state index contributed by atoms with van der Waals surface area (Å²) in [6, 6.07) is 0. The lowest BCUT2D eigenvalue weighted by Crippen LogP contribution is -2.37. The lowest BCUT2D eigenvalue weighted by atomic mass is 10.0. The predicted octanol–water partition coefficient (Wildman–Crippen LogP) is 31.3. The van der Waals surface area contributed by atoms with E-state index in [1.54, 1.807) is 0 Å². The molecule has 0 radical (unpaired) electrons. The molecule has 0 spiro atoms. The van der Waals surface area contributed by atoms with Crippen molar-refractivity contribution >= 4 is 19.8 Å². The first-order valence-corrected chi connectivity index (χ1v) is 47.5. The molecule has 0 amide bonds. The van der Waals surface area contributed by atoms with Crippen LogP contribution in [0.1, 0.15) is 450 Å². The van der Waals surface area contributed by atoms with Crippen LogP contribution in [0.5, 0.6) is 0 Å². The van der Waals surface area contributed by atoms with Crippen molar-refractivity contribution in [3.8, 4) is 0 Å². The Bertz CT molecular complexity index is 2120. The zero-order valence-electron chi connectivity index (χ0n) is 70.9. The molecule has 0 saturated carbocycles.